The van der Waals surface area contributed by atoms with Gasteiger partial charge in [0, 0.05) is 6.08 Å². The topological polar surface area (TPSA) is 75.3 Å². The highest BCUT2D eigenvalue weighted by Crippen LogP contribution is 2.51. The number of hydrazine groups is 1. The molecule has 4 nitrogen and oxygen atoms in total. The Labute approximate surface area is 184 Å². The van der Waals surface area contributed by atoms with Crippen molar-refractivity contribution in [3.05, 3.63) is 76.9 Å². The van der Waals surface area contributed by atoms with Crippen molar-refractivity contribution in [2.45, 2.75) is 39.5 Å². The minimum atomic E-state index is -0.326. The Morgan fingerprint density at radius 3 is 2.26 bits per heavy atom. The molecule has 31 heavy (non-hydrogen) atoms. The summed E-state index contributed by atoms with van der Waals surface area (Å²) in [4.78, 5) is 11.4. The molecule has 162 valence electrons. The first-order valence-electron chi connectivity index (χ1n) is 11.3. The van der Waals surface area contributed by atoms with Gasteiger partial charge in [0.05, 0.1) is 0 Å². The van der Waals surface area contributed by atoms with E-state index in [0.717, 1.165) is 23.0 Å². The van der Waals surface area contributed by atoms with Crippen LogP contribution in [0.4, 0.5) is 0 Å². The quantitative estimate of drug-likeness (QED) is 0.274. The number of fused-ring (bicyclic) bond motifs is 2. The molecule has 0 saturated heterocycles. The second kappa shape index (κ2) is 9.11. The standard InChI is InChI=1S/C27H32N2O2/c1-17-13-20-15-18(2)26(23(14-17)16-20)27(22-8-10-24(30)11-9-22)21-6-3-19(4-7-21)5-12-25(31)29-28/h3-12,17-18,20,23,30H,13-16,28H2,1-2H3,(H,29,31)/b12-5+,27-26+. The summed E-state index contributed by atoms with van der Waals surface area (Å²) >= 11 is 0. The minimum absolute atomic E-state index is 0.287. The van der Waals surface area contributed by atoms with Crippen LogP contribution in [0.1, 0.15) is 56.2 Å². The van der Waals surface area contributed by atoms with Crippen molar-refractivity contribution in [1.29, 1.82) is 0 Å². The van der Waals surface area contributed by atoms with Gasteiger partial charge in [-0.3, -0.25) is 10.2 Å². The van der Waals surface area contributed by atoms with Gasteiger partial charge in [-0.1, -0.05) is 55.8 Å². The molecule has 0 aliphatic heterocycles. The molecule has 2 fully saturated rings. The van der Waals surface area contributed by atoms with Gasteiger partial charge in [0.2, 0.25) is 0 Å². The highest BCUT2D eigenvalue weighted by molar-refractivity contribution is 5.91. The van der Waals surface area contributed by atoms with Crippen LogP contribution in [0.5, 0.6) is 5.75 Å². The Morgan fingerprint density at radius 1 is 0.968 bits per heavy atom. The lowest BCUT2D eigenvalue weighted by molar-refractivity contribution is -0.116. The first-order valence-corrected chi connectivity index (χ1v) is 11.3. The van der Waals surface area contributed by atoms with E-state index in [2.05, 4.69) is 31.4 Å². The summed E-state index contributed by atoms with van der Waals surface area (Å²) in [6.45, 7) is 4.78. The van der Waals surface area contributed by atoms with Crippen molar-refractivity contribution in [1.82, 2.24) is 5.43 Å². The number of hydrogen-bond acceptors (Lipinski definition) is 3. The molecule has 2 saturated carbocycles. The molecule has 0 radical (unpaired) electrons. The van der Waals surface area contributed by atoms with E-state index in [0.29, 0.717) is 11.8 Å². The van der Waals surface area contributed by atoms with E-state index in [1.165, 1.54) is 42.9 Å². The molecule has 0 aromatic heterocycles. The predicted octanol–water partition coefficient (Wildman–Crippen LogP) is 5.29. The van der Waals surface area contributed by atoms with Gasteiger partial charge in [-0.05, 0) is 89.8 Å². The van der Waals surface area contributed by atoms with Crippen molar-refractivity contribution in [3.8, 4) is 5.75 Å². The smallest absolute Gasteiger partial charge is 0.257 e. The van der Waals surface area contributed by atoms with Crippen molar-refractivity contribution < 1.29 is 9.90 Å². The van der Waals surface area contributed by atoms with Crippen LogP contribution in [0.3, 0.4) is 0 Å². The number of nitrogens with one attached hydrogen (secondary N) is 1. The van der Waals surface area contributed by atoms with Crippen molar-refractivity contribution in [2.24, 2.45) is 29.5 Å². The number of benzene rings is 2. The molecular weight excluding hydrogens is 384 g/mol. The number of hydrogen-bond donors (Lipinski definition) is 3. The number of phenolic OH excluding ortho intramolecular Hbond substituents is 1. The van der Waals surface area contributed by atoms with Crippen LogP contribution >= 0.6 is 0 Å². The van der Waals surface area contributed by atoms with Gasteiger partial charge in [-0.2, -0.15) is 0 Å². The fraction of sp³-hybridized carbons (Fsp3) is 0.370. The molecule has 4 atom stereocenters. The number of amides is 1. The fourth-order valence-electron chi connectivity index (χ4n) is 5.78. The van der Waals surface area contributed by atoms with Crippen LogP contribution in [0, 0.1) is 23.7 Å². The molecule has 0 heterocycles. The number of phenols is 1. The van der Waals surface area contributed by atoms with Crippen LogP contribution in [0.25, 0.3) is 11.6 Å². The highest BCUT2D eigenvalue weighted by atomic mass is 16.3. The van der Waals surface area contributed by atoms with Crippen LogP contribution < -0.4 is 11.3 Å². The number of carbonyl (C=O) groups excluding carboxylic acids is 1. The SMILES string of the molecule is CC1CC2CC(C)/C(=C(\c3ccc(O)cc3)c3ccc(/C=C/C(=O)NN)cc3)C(C1)C2. The highest BCUT2D eigenvalue weighted by Gasteiger charge is 2.38. The molecule has 1 amide bonds. The van der Waals surface area contributed by atoms with E-state index in [1.807, 2.05) is 24.3 Å². The lowest BCUT2D eigenvalue weighted by atomic mass is 9.61. The molecule has 2 aliphatic carbocycles. The van der Waals surface area contributed by atoms with Gasteiger partial charge >= 0.3 is 0 Å². The number of allylic oxidation sites excluding steroid dienone is 1. The second-order valence-corrected chi connectivity index (χ2v) is 9.35. The molecule has 2 bridgehead atoms. The van der Waals surface area contributed by atoms with Gasteiger partial charge in [0.1, 0.15) is 5.75 Å². The molecule has 4 N–H and O–H groups in total. The van der Waals surface area contributed by atoms with Crippen LogP contribution in [-0.2, 0) is 4.79 Å². The Bertz CT molecular complexity index is 985. The summed E-state index contributed by atoms with van der Waals surface area (Å²) in [7, 11) is 0. The summed E-state index contributed by atoms with van der Waals surface area (Å²) < 4.78 is 0. The van der Waals surface area contributed by atoms with Gasteiger partial charge < -0.3 is 5.11 Å². The molecule has 4 unspecified atom stereocenters. The number of aromatic hydroxyl groups is 1. The summed E-state index contributed by atoms with van der Waals surface area (Å²) in [5.74, 6) is 7.89. The molecular formula is C27H32N2O2. The Hall–Kier alpha value is -2.85. The molecule has 0 spiro atoms. The third kappa shape index (κ3) is 4.75. The van der Waals surface area contributed by atoms with E-state index >= 15 is 0 Å². The Balaban J connectivity index is 1.78. The third-order valence-electron chi connectivity index (χ3n) is 6.91. The Morgan fingerprint density at radius 2 is 1.61 bits per heavy atom. The average molecular weight is 417 g/mol. The number of rotatable bonds is 4. The van der Waals surface area contributed by atoms with Gasteiger partial charge in [-0.25, -0.2) is 5.84 Å². The Kier molecular flexibility index (Phi) is 6.28. The molecule has 2 aromatic carbocycles. The lowest BCUT2D eigenvalue weighted by Gasteiger charge is -2.44. The second-order valence-electron chi connectivity index (χ2n) is 9.35. The van der Waals surface area contributed by atoms with Crippen LogP contribution in [0.15, 0.2) is 60.2 Å². The van der Waals surface area contributed by atoms with Gasteiger partial charge in [0.25, 0.3) is 5.91 Å². The summed E-state index contributed by atoms with van der Waals surface area (Å²) in [5.41, 5.74) is 8.27. The number of nitrogens with two attached hydrogens (primary N) is 1. The molecule has 2 aliphatic rings. The van der Waals surface area contributed by atoms with E-state index in [4.69, 9.17) is 5.84 Å². The van der Waals surface area contributed by atoms with Crippen molar-refractivity contribution in [3.63, 3.8) is 0 Å². The maximum Gasteiger partial charge on any atom is 0.257 e. The third-order valence-corrected chi connectivity index (χ3v) is 6.91. The average Bonchev–Trinajstić information content (AvgIpc) is 2.75. The first-order chi connectivity index (χ1) is 14.9. The van der Waals surface area contributed by atoms with E-state index < -0.39 is 0 Å². The maximum absolute atomic E-state index is 11.4. The summed E-state index contributed by atoms with van der Waals surface area (Å²) in [5, 5.41) is 9.84. The zero-order chi connectivity index (χ0) is 22.0. The molecule has 4 heteroatoms. The van der Waals surface area contributed by atoms with E-state index in [-0.39, 0.29) is 11.7 Å². The fourth-order valence-corrected chi connectivity index (χ4v) is 5.78. The monoisotopic (exact) mass is 416 g/mol. The lowest BCUT2D eigenvalue weighted by Crippen LogP contribution is -2.32. The minimum Gasteiger partial charge on any atom is -0.508 e. The maximum atomic E-state index is 11.4. The van der Waals surface area contributed by atoms with Gasteiger partial charge in [-0.15, -0.1) is 0 Å². The van der Waals surface area contributed by atoms with Crippen LogP contribution in [0.2, 0.25) is 0 Å². The summed E-state index contributed by atoms with van der Waals surface area (Å²) in [6.07, 6.45) is 8.36. The zero-order valence-electron chi connectivity index (χ0n) is 18.3. The van der Waals surface area contributed by atoms with Crippen molar-refractivity contribution >= 4 is 17.6 Å². The van der Waals surface area contributed by atoms with Crippen LogP contribution in [-0.4, -0.2) is 11.0 Å². The van der Waals surface area contributed by atoms with E-state index in [1.54, 1.807) is 23.8 Å². The van der Waals surface area contributed by atoms with E-state index in [9.17, 15) is 9.90 Å². The van der Waals surface area contributed by atoms with Gasteiger partial charge in [0.15, 0.2) is 0 Å². The normalized spacial score (nSPS) is 27.2. The predicted molar refractivity (Wildman–Crippen MR) is 126 cm³/mol. The summed E-state index contributed by atoms with van der Waals surface area (Å²) in [6, 6.07) is 16.0. The molecule has 2 aromatic rings. The molecule has 4 rings (SSSR count). The first kappa shape index (κ1) is 21.4. The number of carbonyl (C=O) groups is 1. The van der Waals surface area contributed by atoms with Crippen molar-refractivity contribution in [2.75, 3.05) is 0 Å². The largest absolute Gasteiger partial charge is 0.508 e. The zero-order valence-corrected chi connectivity index (χ0v) is 18.3.